The van der Waals surface area contributed by atoms with Crippen molar-refractivity contribution < 1.29 is 14.0 Å². The smallest absolute Gasteiger partial charge is 0.271 e. The van der Waals surface area contributed by atoms with Crippen LogP contribution in [-0.4, -0.2) is 32.9 Å². The number of furan rings is 1. The minimum Gasteiger partial charge on any atom is -0.460 e. The van der Waals surface area contributed by atoms with Crippen molar-refractivity contribution in [1.29, 1.82) is 0 Å². The molecule has 0 radical (unpaired) electrons. The van der Waals surface area contributed by atoms with E-state index < -0.39 is 5.54 Å². The Bertz CT molecular complexity index is 1180. The summed E-state index contributed by atoms with van der Waals surface area (Å²) in [6, 6.07) is 12.1. The van der Waals surface area contributed by atoms with E-state index in [2.05, 4.69) is 5.32 Å². The predicted octanol–water partition coefficient (Wildman–Crippen LogP) is 5.10. The number of carbonyl (C=O) groups excluding carboxylic acids is 2. The van der Waals surface area contributed by atoms with Crippen molar-refractivity contribution >= 4 is 22.9 Å². The number of carbonyl (C=O) groups is 2. The molecule has 0 saturated heterocycles. The number of hydrogen-bond acceptors (Lipinski definition) is 3. The van der Waals surface area contributed by atoms with E-state index in [1.165, 1.54) is 18.4 Å². The Morgan fingerprint density at radius 2 is 1.79 bits per heavy atom. The van der Waals surface area contributed by atoms with Gasteiger partial charge in [0.1, 0.15) is 17.0 Å². The monoisotopic (exact) mass is 447 g/mol. The average molecular weight is 448 g/mol. The third kappa shape index (κ3) is 3.96. The number of nitrogens with zero attached hydrogens (tertiary/aromatic N) is 2. The van der Waals surface area contributed by atoms with E-state index >= 15 is 0 Å². The molecule has 6 nitrogen and oxygen atoms in total. The highest BCUT2D eigenvalue weighted by Crippen LogP contribution is 2.35. The van der Waals surface area contributed by atoms with E-state index in [4.69, 9.17) is 4.42 Å². The minimum atomic E-state index is -1.00. The Balaban J connectivity index is 1.52. The number of fused-ring (bicyclic) bond motifs is 3. The van der Waals surface area contributed by atoms with Gasteiger partial charge in [0, 0.05) is 24.7 Å². The predicted molar refractivity (Wildman–Crippen MR) is 128 cm³/mol. The Kier molecular flexibility index (Phi) is 5.55. The molecule has 2 amide bonds. The van der Waals surface area contributed by atoms with Crippen LogP contribution in [-0.2, 0) is 17.9 Å². The maximum Gasteiger partial charge on any atom is 0.271 e. The lowest BCUT2D eigenvalue weighted by Gasteiger charge is -2.44. The van der Waals surface area contributed by atoms with Crippen LogP contribution in [0, 0.1) is 13.8 Å². The van der Waals surface area contributed by atoms with Crippen LogP contribution in [0.15, 0.2) is 40.8 Å². The first-order valence-electron chi connectivity index (χ1n) is 12.1. The summed E-state index contributed by atoms with van der Waals surface area (Å²) in [4.78, 5) is 29.4. The Labute approximate surface area is 194 Å². The zero-order valence-corrected chi connectivity index (χ0v) is 19.8. The molecule has 0 spiro atoms. The number of aromatic nitrogens is 1. The largest absolute Gasteiger partial charge is 0.460 e. The van der Waals surface area contributed by atoms with E-state index in [0.29, 0.717) is 24.4 Å². The van der Waals surface area contributed by atoms with E-state index in [0.717, 1.165) is 42.5 Å². The van der Waals surface area contributed by atoms with Gasteiger partial charge >= 0.3 is 0 Å². The summed E-state index contributed by atoms with van der Waals surface area (Å²) in [6.45, 7) is 6.65. The number of benzene rings is 1. The van der Waals surface area contributed by atoms with E-state index in [9.17, 15) is 9.59 Å². The van der Waals surface area contributed by atoms with Gasteiger partial charge in [0.2, 0.25) is 5.91 Å². The molecule has 5 rings (SSSR count). The molecule has 1 fully saturated rings. The average Bonchev–Trinajstić information content (AvgIpc) is 3.18. The molecular formula is C27H33N3O3. The van der Waals surface area contributed by atoms with Crippen LogP contribution in [0.4, 0.5) is 0 Å². The van der Waals surface area contributed by atoms with Crippen molar-refractivity contribution in [1.82, 2.24) is 14.8 Å². The Morgan fingerprint density at radius 1 is 1.09 bits per heavy atom. The lowest BCUT2D eigenvalue weighted by atomic mass is 9.93. The van der Waals surface area contributed by atoms with Gasteiger partial charge in [-0.15, -0.1) is 0 Å². The molecule has 1 aliphatic heterocycles. The summed E-state index contributed by atoms with van der Waals surface area (Å²) < 4.78 is 7.77. The highest BCUT2D eigenvalue weighted by atomic mass is 16.3. The van der Waals surface area contributed by atoms with Gasteiger partial charge in [-0.25, -0.2) is 0 Å². The van der Waals surface area contributed by atoms with Gasteiger partial charge in [-0.05, 0) is 39.2 Å². The molecule has 2 aliphatic rings. The van der Waals surface area contributed by atoms with Gasteiger partial charge in [-0.3, -0.25) is 9.59 Å². The van der Waals surface area contributed by atoms with Gasteiger partial charge in [-0.2, -0.15) is 0 Å². The molecule has 3 aromatic rings. The Hall–Kier alpha value is -3.02. The van der Waals surface area contributed by atoms with E-state index in [1.807, 2.05) is 61.7 Å². The molecule has 0 unspecified atom stereocenters. The van der Waals surface area contributed by atoms with E-state index in [-0.39, 0.29) is 17.9 Å². The zero-order valence-electron chi connectivity index (χ0n) is 19.8. The number of rotatable bonds is 4. The maximum absolute atomic E-state index is 13.8. The third-order valence-corrected chi connectivity index (χ3v) is 7.38. The molecule has 6 heteroatoms. The van der Waals surface area contributed by atoms with Crippen molar-refractivity contribution in [2.45, 2.75) is 84.0 Å². The molecule has 0 bridgehead atoms. The van der Waals surface area contributed by atoms with Crippen LogP contribution in [0.25, 0.3) is 11.1 Å². The first kappa shape index (κ1) is 21.8. The normalized spacial score (nSPS) is 21.8. The van der Waals surface area contributed by atoms with Gasteiger partial charge < -0.3 is 19.2 Å². The fourth-order valence-corrected chi connectivity index (χ4v) is 5.35. The van der Waals surface area contributed by atoms with Crippen LogP contribution in [0.3, 0.4) is 0 Å². The molecule has 174 valence electrons. The van der Waals surface area contributed by atoms with Gasteiger partial charge in [-0.1, -0.05) is 55.5 Å². The standard InChI is InChI=1S/C27H33N3O3/c1-18-10-12-20(13-11-18)16-30-25(31)23-15-24-22(14-19(2)33-24)29(23)17-27(30,3)26(32)28-21-8-6-4-5-7-9-21/h10-15,21H,4-9,16-17H2,1-3H3,(H,28,32)/t27-/m1/s1. The summed E-state index contributed by atoms with van der Waals surface area (Å²) in [5.41, 5.74) is 3.33. The summed E-state index contributed by atoms with van der Waals surface area (Å²) in [7, 11) is 0. The number of amides is 2. The van der Waals surface area contributed by atoms with Crippen molar-refractivity contribution in [3.8, 4) is 0 Å². The van der Waals surface area contributed by atoms with Crippen molar-refractivity contribution in [3.63, 3.8) is 0 Å². The number of hydrogen-bond donors (Lipinski definition) is 1. The summed E-state index contributed by atoms with van der Waals surface area (Å²) in [5.74, 6) is 0.599. The van der Waals surface area contributed by atoms with E-state index in [1.54, 1.807) is 4.90 Å². The fourth-order valence-electron chi connectivity index (χ4n) is 5.35. The van der Waals surface area contributed by atoms with Crippen LogP contribution in [0.1, 0.15) is 72.8 Å². The molecule has 1 atom stereocenters. The van der Waals surface area contributed by atoms with Crippen LogP contribution < -0.4 is 5.32 Å². The lowest BCUT2D eigenvalue weighted by molar-refractivity contribution is -0.134. The quantitative estimate of drug-likeness (QED) is 0.566. The SMILES string of the molecule is Cc1ccc(CN2C(=O)c3cc4oc(C)cc4n3C[C@]2(C)C(=O)NC2CCCCCC2)cc1. The maximum atomic E-state index is 13.8. The second-order valence-corrected chi connectivity index (χ2v) is 10.0. The highest BCUT2D eigenvalue weighted by Gasteiger charge is 2.48. The topological polar surface area (TPSA) is 67.5 Å². The molecule has 3 heterocycles. The zero-order chi connectivity index (χ0) is 23.2. The second-order valence-electron chi connectivity index (χ2n) is 10.0. The second kappa shape index (κ2) is 8.40. The van der Waals surface area contributed by atoms with Crippen LogP contribution in [0.5, 0.6) is 0 Å². The molecule has 2 aromatic heterocycles. The molecular weight excluding hydrogens is 414 g/mol. The van der Waals surface area contributed by atoms with Crippen molar-refractivity contribution in [2.75, 3.05) is 0 Å². The molecule has 1 N–H and O–H groups in total. The van der Waals surface area contributed by atoms with Crippen LogP contribution >= 0.6 is 0 Å². The molecule has 1 saturated carbocycles. The Morgan fingerprint density at radius 3 is 2.48 bits per heavy atom. The summed E-state index contributed by atoms with van der Waals surface area (Å²) in [5, 5.41) is 3.32. The van der Waals surface area contributed by atoms with Crippen LogP contribution in [0.2, 0.25) is 0 Å². The van der Waals surface area contributed by atoms with Gasteiger partial charge in [0.25, 0.3) is 5.91 Å². The van der Waals surface area contributed by atoms with Gasteiger partial charge in [0.15, 0.2) is 5.58 Å². The van der Waals surface area contributed by atoms with Crippen molar-refractivity contribution in [3.05, 3.63) is 59.0 Å². The van der Waals surface area contributed by atoms with Gasteiger partial charge in [0.05, 0.1) is 12.1 Å². The number of nitrogens with one attached hydrogen (secondary N) is 1. The minimum absolute atomic E-state index is 0.0671. The third-order valence-electron chi connectivity index (χ3n) is 7.38. The highest BCUT2D eigenvalue weighted by molar-refractivity contribution is 6.03. The fraction of sp³-hybridized carbons (Fsp3) is 0.481. The summed E-state index contributed by atoms with van der Waals surface area (Å²) in [6.07, 6.45) is 6.76. The molecule has 1 aromatic carbocycles. The first-order chi connectivity index (χ1) is 15.8. The molecule has 1 aliphatic carbocycles. The lowest BCUT2D eigenvalue weighted by Crippen LogP contribution is -2.64. The molecule has 33 heavy (non-hydrogen) atoms. The number of aryl methyl sites for hydroxylation is 2. The first-order valence-corrected chi connectivity index (χ1v) is 12.1. The van der Waals surface area contributed by atoms with Crippen molar-refractivity contribution in [2.24, 2.45) is 0 Å². The summed E-state index contributed by atoms with van der Waals surface area (Å²) >= 11 is 0.